The average Bonchev–Trinajstić information content (AvgIpc) is 3.53. The van der Waals surface area contributed by atoms with E-state index in [9.17, 15) is 9.18 Å². The second-order valence-electron chi connectivity index (χ2n) is 9.43. The number of amides is 1. The van der Waals surface area contributed by atoms with E-state index in [0.717, 1.165) is 18.9 Å². The second-order valence-corrected chi connectivity index (χ2v) is 9.43. The van der Waals surface area contributed by atoms with Gasteiger partial charge in [-0.05, 0) is 56.9 Å². The van der Waals surface area contributed by atoms with Crippen LogP contribution < -0.4 is 5.73 Å². The number of oxazole rings is 1. The van der Waals surface area contributed by atoms with E-state index in [1.54, 1.807) is 17.9 Å². The number of aryl methyl sites for hydroxylation is 1. The van der Waals surface area contributed by atoms with Crippen molar-refractivity contribution >= 4 is 16.9 Å². The monoisotopic (exact) mass is 489 g/mol. The Balaban J connectivity index is 1.50. The van der Waals surface area contributed by atoms with E-state index in [0.29, 0.717) is 29.5 Å². The van der Waals surface area contributed by atoms with E-state index in [-0.39, 0.29) is 52.2 Å². The number of halogens is 2. The molecular formula is C26H21F2N5O3. The van der Waals surface area contributed by atoms with Crippen LogP contribution in [-0.2, 0) is 0 Å². The van der Waals surface area contributed by atoms with Gasteiger partial charge in [0.2, 0.25) is 0 Å². The van der Waals surface area contributed by atoms with Crippen LogP contribution in [0, 0.1) is 29.9 Å². The van der Waals surface area contributed by atoms with Gasteiger partial charge >= 0.3 is 5.91 Å². The van der Waals surface area contributed by atoms with Crippen LogP contribution in [0.2, 0.25) is 0 Å². The molecule has 36 heavy (non-hydrogen) atoms. The molecule has 2 fully saturated rings. The molecule has 2 bridgehead atoms. The standard InChI is InChI=1S/C26H21F2N5O3/c1-12-18-9-21(28)19(10-22(18)36-32-12)24-23(13-2-3-14(11-29)20(27)6-13)31-25(35-24)26(34)33-16-4-5-17(33)8-15(30)7-16/h2-3,6,9-10,15-17H,4-5,7-8,30H2,1H3. The number of nitrogens with two attached hydrogens (primary N) is 1. The lowest BCUT2D eigenvalue weighted by atomic mass is 9.98. The van der Waals surface area contributed by atoms with Gasteiger partial charge in [-0.2, -0.15) is 5.26 Å². The highest BCUT2D eigenvalue weighted by molar-refractivity contribution is 5.94. The molecule has 2 aliphatic rings. The molecule has 182 valence electrons. The van der Waals surface area contributed by atoms with Gasteiger partial charge in [-0.25, -0.2) is 13.8 Å². The Kier molecular flexibility index (Phi) is 5.12. The molecule has 6 rings (SSSR count). The minimum absolute atomic E-state index is 0.00592. The summed E-state index contributed by atoms with van der Waals surface area (Å²) in [5, 5.41) is 13.5. The molecule has 0 radical (unpaired) electrons. The summed E-state index contributed by atoms with van der Waals surface area (Å²) >= 11 is 0. The van der Waals surface area contributed by atoms with Gasteiger partial charge in [0.15, 0.2) is 11.3 Å². The summed E-state index contributed by atoms with van der Waals surface area (Å²) in [6.07, 6.45) is 3.09. The molecule has 2 atom stereocenters. The first-order valence-electron chi connectivity index (χ1n) is 11.7. The maximum Gasteiger partial charge on any atom is 0.310 e. The number of nitriles is 1. The van der Waals surface area contributed by atoms with Gasteiger partial charge in [-0.1, -0.05) is 11.2 Å². The zero-order chi connectivity index (χ0) is 25.1. The Bertz CT molecular complexity index is 1560. The second kappa shape index (κ2) is 8.24. The number of carbonyl (C=O) groups excluding carboxylic acids is 1. The molecule has 4 aromatic rings. The van der Waals surface area contributed by atoms with Crippen LogP contribution in [0.1, 0.15) is 47.6 Å². The normalized spacial score (nSPS) is 21.2. The van der Waals surface area contributed by atoms with E-state index < -0.39 is 17.5 Å². The minimum atomic E-state index is -0.762. The first kappa shape index (κ1) is 22.4. The predicted molar refractivity (Wildman–Crippen MR) is 124 cm³/mol. The summed E-state index contributed by atoms with van der Waals surface area (Å²) in [4.78, 5) is 19.7. The topological polar surface area (TPSA) is 122 Å². The number of fused-ring (bicyclic) bond motifs is 3. The van der Waals surface area contributed by atoms with E-state index >= 15 is 4.39 Å². The van der Waals surface area contributed by atoms with Crippen LogP contribution >= 0.6 is 0 Å². The van der Waals surface area contributed by atoms with Crippen molar-refractivity contribution in [1.29, 1.82) is 5.26 Å². The Morgan fingerprint density at radius 2 is 1.92 bits per heavy atom. The molecule has 2 aromatic heterocycles. The Morgan fingerprint density at radius 1 is 1.17 bits per heavy atom. The third-order valence-electron chi connectivity index (χ3n) is 7.16. The Labute approximate surface area is 204 Å². The lowest BCUT2D eigenvalue weighted by Gasteiger charge is -2.36. The molecule has 10 heteroatoms. The predicted octanol–water partition coefficient (Wildman–Crippen LogP) is 4.70. The number of aromatic nitrogens is 2. The van der Waals surface area contributed by atoms with Crippen molar-refractivity contribution in [2.45, 2.75) is 50.7 Å². The number of rotatable bonds is 3. The lowest BCUT2D eigenvalue weighted by Crippen LogP contribution is -2.50. The van der Waals surface area contributed by atoms with Gasteiger partial charge in [0, 0.05) is 29.1 Å². The van der Waals surface area contributed by atoms with Crippen LogP contribution in [0.5, 0.6) is 0 Å². The van der Waals surface area contributed by atoms with Crippen LogP contribution in [0.15, 0.2) is 39.3 Å². The molecule has 4 heterocycles. The fourth-order valence-electron chi connectivity index (χ4n) is 5.46. The fraction of sp³-hybridized carbons (Fsp3) is 0.308. The summed E-state index contributed by atoms with van der Waals surface area (Å²) in [6, 6.07) is 8.38. The molecule has 2 N–H and O–H groups in total. The van der Waals surface area contributed by atoms with E-state index in [4.69, 9.17) is 19.9 Å². The SMILES string of the molecule is Cc1noc2cc(-c3oc(C(=O)N4C5CCC4CC(N)C5)nc3-c3ccc(C#N)c(F)c3)c(F)cc12. The highest BCUT2D eigenvalue weighted by atomic mass is 19.1. The van der Waals surface area contributed by atoms with Crippen LogP contribution in [-0.4, -0.2) is 39.1 Å². The summed E-state index contributed by atoms with van der Waals surface area (Å²) in [5.74, 6) is -2.07. The lowest BCUT2D eigenvalue weighted by molar-refractivity contribution is 0.0535. The highest BCUT2D eigenvalue weighted by Crippen LogP contribution is 2.40. The largest absolute Gasteiger partial charge is 0.432 e. The molecule has 2 unspecified atom stereocenters. The van der Waals surface area contributed by atoms with Crippen molar-refractivity contribution in [2.75, 3.05) is 0 Å². The number of hydrogen-bond donors (Lipinski definition) is 1. The van der Waals surface area contributed by atoms with E-state index in [1.807, 2.05) is 0 Å². The Hall–Kier alpha value is -4.10. The molecule has 8 nitrogen and oxygen atoms in total. The Morgan fingerprint density at radius 3 is 2.61 bits per heavy atom. The molecular weight excluding hydrogens is 468 g/mol. The van der Waals surface area contributed by atoms with Crippen LogP contribution in [0.25, 0.3) is 33.6 Å². The smallest absolute Gasteiger partial charge is 0.310 e. The zero-order valence-corrected chi connectivity index (χ0v) is 19.3. The third kappa shape index (κ3) is 3.46. The zero-order valence-electron chi connectivity index (χ0n) is 19.3. The number of carbonyl (C=O) groups is 1. The van der Waals surface area contributed by atoms with Crippen molar-refractivity contribution in [3.05, 3.63) is 59.1 Å². The number of piperidine rings is 1. The first-order chi connectivity index (χ1) is 17.3. The van der Waals surface area contributed by atoms with Crippen molar-refractivity contribution in [1.82, 2.24) is 15.0 Å². The quantitative estimate of drug-likeness (QED) is 0.442. The third-order valence-corrected chi connectivity index (χ3v) is 7.16. The van der Waals surface area contributed by atoms with Crippen LogP contribution in [0.4, 0.5) is 8.78 Å². The van der Waals surface area contributed by atoms with Crippen LogP contribution in [0.3, 0.4) is 0 Å². The molecule has 2 aromatic carbocycles. The summed E-state index contributed by atoms with van der Waals surface area (Å²) in [5.41, 5.74) is 7.16. The minimum Gasteiger partial charge on any atom is -0.432 e. The van der Waals surface area contributed by atoms with Crippen molar-refractivity contribution < 1.29 is 22.5 Å². The van der Waals surface area contributed by atoms with E-state index in [2.05, 4.69) is 10.1 Å². The molecule has 2 aliphatic heterocycles. The van der Waals surface area contributed by atoms with Crippen molar-refractivity contribution in [2.24, 2.45) is 5.73 Å². The first-order valence-corrected chi connectivity index (χ1v) is 11.7. The number of hydrogen-bond acceptors (Lipinski definition) is 7. The van der Waals surface area contributed by atoms with Gasteiger partial charge in [-0.15, -0.1) is 0 Å². The maximum atomic E-state index is 15.3. The molecule has 0 saturated carbocycles. The maximum absolute atomic E-state index is 15.3. The number of benzene rings is 2. The molecule has 0 spiro atoms. The van der Waals surface area contributed by atoms with E-state index in [1.165, 1.54) is 24.3 Å². The van der Waals surface area contributed by atoms with Gasteiger partial charge in [-0.3, -0.25) is 4.79 Å². The van der Waals surface area contributed by atoms with Gasteiger partial charge in [0.05, 0.1) is 16.8 Å². The van der Waals surface area contributed by atoms with Crippen molar-refractivity contribution in [3.8, 4) is 28.7 Å². The van der Waals surface area contributed by atoms with Gasteiger partial charge in [0.1, 0.15) is 23.4 Å². The average molecular weight is 489 g/mol. The highest BCUT2D eigenvalue weighted by Gasteiger charge is 2.44. The summed E-state index contributed by atoms with van der Waals surface area (Å²) < 4.78 is 41.0. The van der Waals surface area contributed by atoms with Gasteiger partial charge < -0.3 is 19.6 Å². The summed E-state index contributed by atoms with van der Waals surface area (Å²) in [7, 11) is 0. The number of nitrogens with zero attached hydrogens (tertiary/aromatic N) is 4. The summed E-state index contributed by atoms with van der Waals surface area (Å²) in [6.45, 7) is 1.69. The van der Waals surface area contributed by atoms with Crippen molar-refractivity contribution in [3.63, 3.8) is 0 Å². The fourth-order valence-corrected chi connectivity index (χ4v) is 5.46. The molecule has 2 saturated heterocycles. The van der Waals surface area contributed by atoms with Gasteiger partial charge in [0.25, 0.3) is 5.89 Å². The molecule has 0 aliphatic carbocycles. The molecule has 1 amide bonds.